The average Bonchev–Trinajstić information content (AvgIpc) is 3.01. The van der Waals surface area contributed by atoms with Crippen molar-refractivity contribution >= 4 is 61.5 Å². The quantitative estimate of drug-likeness (QED) is 0.369. The summed E-state index contributed by atoms with van der Waals surface area (Å²) in [6.45, 7) is 2.36. The van der Waals surface area contributed by atoms with Gasteiger partial charge < -0.3 is 10.1 Å². The van der Waals surface area contributed by atoms with E-state index in [0.717, 1.165) is 22.9 Å². The Bertz CT molecular complexity index is 1000. The summed E-state index contributed by atoms with van der Waals surface area (Å²) in [4.78, 5) is 25.3. The molecule has 0 aliphatic carbocycles. The molecule has 0 saturated heterocycles. The first-order chi connectivity index (χ1) is 13.0. The number of nitrogens with one attached hydrogen (secondary N) is 1. The van der Waals surface area contributed by atoms with Crippen molar-refractivity contribution in [2.24, 2.45) is 0 Å². The molecule has 0 unspecified atom stereocenters. The maximum Gasteiger partial charge on any atom is 0.341 e. The minimum absolute atomic E-state index is 0.243. The molecule has 1 amide bonds. The molecule has 0 aliphatic heterocycles. The van der Waals surface area contributed by atoms with Gasteiger partial charge in [0.05, 0.1) is 17.2 Å². The summed E-state index contributed by atoms with van der Waals surface area (Å²) in [5, 5.41) is 4.65. The molecule has 4 nitrogen and oxygen atoms in total. The van der Waals surface area contributed by atoms with Gasteiger partial charge in [0.15, 0.2) is 0 Å². The first kappa shape index (κ1) is 19.7. The van der Waals surface area contributed by atoms with Gasteiger partial charge in [-0.1, -0.05) is 54.7 Å². The van der Waals surface area contributed by atoms with E-state index in [-0.39, 0.29) is 10.6 Å². The molecule has 0 aliphatic rings. The molecule has 7 heteroatoms. The third-order valence-corrected chi connectivity index (χ3v) is 5.58. The predicted molar refractivity (Wildman–Crippen MR) is 111 cm³/mol. The number of hydrogen-bond acceptors (Lipinski definition) is 4. The number of ether oxygens (including phenoxy) is 1. The third-order valence-electron chi connectivity index (χ3n) is 3.93. The highest BCUT2D eigenvalue weighted by molar-refractivity contribution is 7.23. The van der Waals surface area contributed by atoms with Crippen molar-refractivity contribution in [3.63, 3.8) is 0 Å². The number of carbonyl (C=O) groups excluding carboxylic acids is 2. The molecule has 0 fully saturated rings. The van der Waals surface area contributed by atoms with E-state index in [2.05, 4.69) is 5.32 Å². The van der Waals surface area contributed by atoms with Crippen LogP contribution >= 0.6 is 34.5 Å². The number of thiophene rings is 1. The maximum absolute atomic E-state index is 12.7. The van der Waals surface area contributed by atoms with Crippen molar-refractivity contribution in [3.8, 4) is 0 Å². The molecular formula is C20H17Cl2NO3S. The van der Waals surface area contributed by atoms with E-state index in [9.17, 15) is 9.59 Å². The number of benzene rings is 2. The fourth-order valence-corrected chi connectivity index (χ4v) is 4.02. The van der Waals surface area contributed by atoms with Crippen LogP contribution < -0.4 is 5.32 Å². The average molecular weight is 422 g/mol. The minimum Gasteiger partial charge on any atom is -0.462 e. The molecule has 0 spiro atoms. The molecule has 1 heterocycles. The molecule has 27 heavy (non-hydrogen) atoms. The Balaban J connectivity index is 1.96. The van der Waals surface area contributed by atoms with Crippen molar-refractivity contribution in [3.05, 3.63) is 63.6 Å². The molecule has 0 atom stereocenters. The van der Waals surface area contributed by atoms with Gasteiger partial charge in [-0.15, -0.1) is 11.3 Å². The van der Waals surface area contributed by atoms with Crippen LogP contribution in [-0.4, -0.2) is 18.5 Å². The number of hydrogen-bond donors (Lipinski definition) is 1. The predicted octanol–water partition coefficient (Wildman–Crippen LogP) is 6.42. The molecule has 3 rings (SSSR count). The van der Waals surface area contributed by atoms with Crippen molar-refractivity contribution < 1.29 is 14.3 Å². The number of amides is 1. The summed E-state index contributed by atoms with van der Waals surface area (Å²) in [5.41, 5.74) is 0.602. The van der Waals surface area contributed by atoms with Crippen LogP contribution in [0.2, 0.25) is 10.0 Å². The second kappa shape index (κ2) is 8.74. The lowest BCUT2D eigenvalue weighted by Gasteiger charge is -2.09. The van der Waals surface area contributed by atoms with Crippen LogP contribution in [0.4, 0.5) is 5.00 Å². The summed E-state index contributed by atoms with van der Waals surface area (Å²) < 4.78 is 6.26. The summed E-state index contributed by atoms with van der Waals surface area (Å²) >= 11 is 13.4. The second-order valence-electron chi connectivity index (χ2n) is 5.87. The number of rotatable bonds is 6. The standard InChI is InChI=1S/C20H17Cl2NO3S/c1-2-3-10-26-20(25)17-13-6-4-5-7-16(13)27-19(17)23-18(24)14-11-12(21)8-9-15(14)22/h4-9,11H,2-3,10H2,1H3,(H,23,24). The van der Waals surface area contributed by atoms with Gasteiger partial charge in [0.25, 0.3) is 5.91 Å². The Morgan fingerprint density at radius 1 is 1.15 bits per heavy atom. The monoisotopic (exact) mass is 421 g/mol. The molecule has 2 aromatic carbocycles. The fraction of sp³-hybridized carbons (Fsp3) is 0.200. The zero-order valence-corrected chi connectivity index (χ0v) is 16.9. The van der Waals surface area contributed by atoms with Gasteiger partial charge in [0.1, 0.15) is 10.6 Å². The van der Waals surface area contributed by atoms with E-state index in [1.807, 2.05) is 31.2 Å². The van der Waals surface area contributed by atoms with Crippen LogP contribution in [-0.2, 0) is 4.74 Å². The third kappa shape index (κ3) is 4.43. The van der Waals surface area contributed by atoms with E-state index in [1.165, 1.54) is 17.4 Å². The lowest BCUT2D eigenvalue weighted by molar-refractivity contribution is 0.0503. The Hall–Kier alpha value is -2.08. The molecule has 0 bridgehead atoms. The smallest absolute Gasteiger partial charge is 0.341 e. The topological polar surface area (TPSA) is 55.4 Å². The van der Waals surface area contributed by atoms with Crippen molar-refractivity contribution in [1.29, 1.82) is 0 Å². The zero-order chi connectivity index (χ0) is 19.4. The number of anilines is 1. The van der Waals surface area contributed by atoms with Gasteiger partial charge in [-0.3, -0.25) is 4.79 Å². The molecular weight excluding hydrogens is 405 g/mol. The van der Waals surface area contributed by atoms with Crippen LogP contribution in [0, 0.1) is 0 Å². The normalized spacial score (nSPS) is 10.8. The lowest BCUT2D eigenvalue weighted by atomic mass is 10.1. The van der Waals surface area contributed by atoms with Gasteiger partial charge in [-0.25, -0.2) is 4.79 Å². The molecule has 0 radical (unpaired) electrons. The highest BCUT2D eigenvalue weighted by Gasteiger charge is 2.23. The van der Waals surface area contributed by atoms with E-state index < -0.39 is 11.9 Å². The van der Waals surface area contributed by atoms with Crippen LogP contribution in [0.25, 0.3) is 10.1 Å². The van der Waals surface area contributed by atoms with E-state index in [4.69, 9.17) is 27.9 Å². The summed E-state index contributed by atoms with van der Waals surface area (Å²) in [7, 11) is 0. The maximum atomic E-state index is 12.7. The molecule has 0 saturated carbocycles. The molecule has 3 aromatic rings. The number of fused-ring (bicyclic) bond motifs is 1. The first-order valence-corrected chi connectivity index (χ1v) is 10.0. The highest BCUT2D eigenvalue weighted by atomic mass is 35.5. The fourth-order valence-electron chi connectivity index (χ4n) is 2.56. The summed E-state index contributed by atoms with van der Waals surface area (Å²) in [5.74, 6) is -0.884. The Morgan fingerprint density at radius 3 is 2.70 bits per heavy atom. The number of halogens is 2. The van der Waals surface area contributed by atoms with E-state index >= 15 is 0 Å². The van der Waals surface area contributed by atoms with Gasteiger partial charge in [-0.05, 0) is 30.7 Å². The van der Waals surface area contributed by atoms with Crippen LogP contribution in [0.3, 0.4) is 0 Å². The number of unbranched alkanes of at least 4 members (excludes halogenated alkanes) is 1. The molecule has 1 N–H and O–H groups in total. The van der Waals surface area contributed by atoms with Gasteiger partial charge in [0.2, 0.25) is 0 Å². The summed E-state index contributed by atoms with van der Waals surface area (Å²) in [6.07, 6.45) is 1.71. The Kier molecular flexibility index (Phi) is 6.37. The van der Waals surface area contributed by atoms with Crippen LogP contribution in [0.15, 0.2) is 42.5 Å². The van der Waals surface area contributed by atoms with Crippen molar-refractivity contribution in [2.45, 2.75) is 19.8 Å². The van der Waals surface area contributed by atoms with Crippen molar-refractivity contribution in [1.82, 2.24) is 0 Å². The van der Waals surface area contributed by atoms with Gasteiger partial charge >= 0.3 is 5.97 Å². The molecule has 140 valence electrons. The Labute approximate surface area is 171 Å². The van der Waals surface area contributed by atoms with Gasteiger partial charge in [-0.2, -0.15) is 0 Å². The SMILES string of the molecule is CCCCOC(=O)c1c(NC(=O)c2cc(Cl)ccc2Cl)sc2ccccc12. The largest absolute Gasteiger partial charge is 0.462 e. The lowest BCUT2D eigenvalue weighted by Crippen LogP contribution is -2.15. The zero-order valence-electron chi connectivity index (χ0n) is 14.6. The van der Waals surface area contributed by atoms with Gasteiger partial charge in [0, 0.05) is 15.1 Å². The first-order valence-electron chi connectivity index (χ1n) is 8.46. The highest BCUT2D eigenvalue weighted by Crippen LogP contribution is 2.37. The summed E-state index contributed by atoms with van der Waals surface area (Å²) in [6, 6.07) is 12.1. The van der Waals surface area contributed by atoms with Crippen LogP contribution in [0.5, 0.6) is 0 Å². The number of carbonyl (C=O) groups is 2. The minimum atomic E-state index is -0.451. The van der Waals surface area contributed by atoms with E-state index in [1.54, 1.807) is 12.1 Å². The molecule has 1 aromatic heterocycles. The second-order valence-corrected chi connectivity index (χ2v) is 7.77. The van der Waals surface area contributed by atoms with Crippen LogP contribution in [0.1, 0.15) is 40.5 Å². The van der Waals surface area contributed by atoms with E-state index in [0.29, 0.717) is 22.2 Å². The Morgan fingerprint density at radius 2 is 1.93 bits per heavy atom. The number of esters is 1. The van der Waals surface area contributed by atoms with Crippen molar-refractivity contribution in [2.75, 3.05) is 11.9 Å².